The lowest BCUT2D eigenvalue weighted by molar-refractivity contribution is -0.166. The molecule has 0 amide bonds. The van der Waals surface area contributed by atoms with Crippen LogP contribution >= 0.6 is 0 Å². The molecule has 0 radical (unpaired) electrons. The van der Waals surface area contributed by atoms with Gasteiger partial charge in [-0.3, -0.25) is 14.4 Å². The smallest absolute Gasteiger partial charge is 0.306 e. The highest BCUT2D eigenvalue weighted by Gasteiger charge is 2.19. The highest BCUT2D eigenvalue weighted by Crippen LogP contribution is 2.14. The van der Waals surface area contributed by atoms with Crippen LogP contribution in [0.5, 0.6) is 0 Å². The molecule has 0 saturated carbocycles. The largest absolute Gasteiger partial charge is 0.462 e. The van der Waals surface area contributed by atoms with Crippen LogP contribution in [0, 0.1) is 0 Å². The Morgan fingerprint density at radius 1 is 0.259 bits per heavy atom. The normalized spacial score (nSPS) is 13.3. The molecule has 0 rings (SSSR count). The van der Waals surface area contributed by atoms with Gasteiger partial charge in [0.2, 0.25) is 0 Å². The van der Waals surface area contributed by atoms with Crippen molar-refractivity contribution in [3.8, 4) is 0 Å². The maximum atomic E-state index is 12.9. The predicted molar refractivity (Wildman–Crippen MR) is 352 cm³/mol. The van der Waals surface area contributed by atoms with Crippen LogP contribution in [0.15, 0.2) is 170 Å². The van der Waals surface area contributed by atoms with Gasteiger partial charge in [-0.2, -0.15) is 0 Å². The van der Waals surface area contributed by atoms with Crippen molar-refractivity contribution in [2.75, 3.05) is 13.2 Å². The van der Waals surface area contributed by atoms with Crippen LogP contribution in [0.2, 0.25) is 0 Å². The topological polar surface area (TPSA) is 78.9 Å². The van der Waals surface area contributed by atoms with Crippen LogP contribution in [-0.2, 0) is 28.6 Å². The lowest BCUT2D eigenvalue weighted by Crippen LogP contribution is -2.30. The number of carbonyl (C=O) groups excluding carboxylic acids is 3. The molecule has 0 aliphatic carbocycles. The standard InChI is InChI=1S/C75H118O6/c1-4-7-10-13-16-19-22-25-28-31-34-35-36-37-38-39-42-44-47-50-53-56-59-62-65-68-74(77)80-71-72(81-75(78)69-66-63-60-57-54-51-48-45-41-33-30-27-24-21-18-15-12-9-6-3)70-79-73(76)67-64-61-58-55-52-49-46-43-40-32-29-26-23-20-17-14-11-8-5-2/h7,9-10,12,16-21,25-30,34-35,37-38,40-41,43,45,51,54,60,63,72H,4-6,8,11,13-15,22-24,31-33,36,39,42,44,46-50,52-53,55-59,61-62,64-71H2,1-3H3/b10-7-,12-9-,19-16-,20-17-,21-18-,28-25-,29-26-,30-27-,35-34-,38-37-,43-40-,45-41-,54-51-,63-60-. The average molecular weight is 1120 g/mol. The highest BCUT2D eigenvalue weighted by molar-refractivity contribution is 5.71. The van der Waals surface area contributed by atoms with Gasteiger partial charge in [0.25, 0.3) is 0 Å². The van der Waals surface area contributed by atoms with E-state index in [0.717, 1.165) is 141 Å². The number of unbranched alkanes of at least 4 members (excludes halogenated alkanes) is 18. The Hall–Kier alpha value is -5.23. The van der Waals surface area contributed by atoms with E-state index in [-0.39, 0.29) is 31.6 Å². The highest BCUT2D eigenvalue weighted by atomic mass is 16.6. The summed E-state index contributed by atoms with van der Waals surface area (Å²) in [4.78, 5) is 38.4. The molecule has 1 unspecified atom stereocenters. The Morgan fingerprint density at radius 2 is 0.506 bits per heavy atom. The molecule has 0 aliphatic heterocycles. The maximum absolute atomic E-state index is 12.9. The van der Waals surface area contributed by atoms with Crippen molar-refractivity contribution >= 4 is 17.9 Å². The summed E-state index contributed by atoms with van der Waals surface area (Å²) >= 11 is 0. The number of esters is 3. The van der Waals surface area contributed by atoms with E-state index in [4.69, 9.17) is 14.2 Å². The van der Waals surface area contributed by atoms with Crippen molar-refractivity contribution in [1.29, 1.82) is 0 Å². The van der Waals surface area contributed by atoms with E-state index in [9.17, 15) is 14.4 Å². The zero-order valence-corrected chi connectivity index (χ0v) is 52.0. The molecule has 0 saturated heterocycles. The minimum atomic E-state index is -0.838. The minimum absolute atomic E-state index is 0.123. The van der Waals surface area contributed by atoms with E-state index < -0.39 is 12.1 Å². The first kappa shape index (κ1) is 75.8. The molecule has 0 aliphatic rings. The van der Waals surface area contributed by atoms with Crippen molar-refractivity contribution in [2.45, 2.75) is 271 Å². The third kappa shape index (κ3) is 65.5. The number of hydrogen-bond donors (Lipinski definition) is 0. The van der Waals surface area contributed by atoms with Gasteiger partial charge in [-0.1, -0.05) is 274 Å². The predicted octanol–water partition coefficient (Wildman–Crippen LogP) is 22.7. The number of ether oxygens (including phenoxy) is 3. The molecule has 0 heterocycles. The molecule has 0 fully saturated rings. The zero-order valence-electron chi connectivity index (χ0n) is 52.0. The van der Waals surface area contributed by atoms with Crippen molar-refractivity contribution in [2.24, 2.45) is 0 Å². The number of carbonyl (C=O) groups is 3. The summed E-state index contributed by atoms with van der Waals surface area (Å²) in [5.41, 5.74) is 0. The molecule has 454 valence electrons. The molecule has 0 aromatic heterocycles. The lowest BCUT2D eigenvalue weighted by atomic mass is 10.1. The van der Waals surface area contributed by atoms with Crippen LogP contribution in [0.3, 0.4) is 0 Å². The SMILES string of the molecule is CC/C=C\C/C=C\C/C=C\C/C=C\C/C=C\C/C=C\CCC(=O)OC(COC(=O)CCCCCCCC/C=C\C/C=C\C/C=C\CCCCC)COC(=O)CCCCCCCCCCC/C=C\C/C=C\C/C=C\C/C=C\C/C=C\CC. The molecule has 0 aromatic rings. The minimum Gasteiger partial charge on any atom is -0.462 e. The van der Waals surface area contributed by atoms with Gasteiger partial charge < -0.3 is 14.2 Å². The maximum Gasteiger partial charge on any atom is 0.306 e. The van der Waals surface area contributed by atoms with Crippen LogP contribution in [0.25, 0.3) is 0 Å². The molecule has 6 nitrogen and oxygen atoms in total. The van der Waals surface area contributed by atoms with Gasteiger partial charge in [0, 0.05) is 19.3 Å². The Bertz CT molecular complexity index is 1860. The van der Waals surface area contributed by atoms with E-state index in [1.54, 1.807) is 0 Å². The van der Waals surface area contributed by atoms with Crippen LogP contribution in [-0.4, -0.2) is 37.2 Å². The zero-order chi connectivity index (χ0) is 58.5. The van der Waals surface area contributed by atoms with Crippen molar-refractivity contribution in [3.63, 3.8) is 0 Å². The molecule has 1 atom stereocenters. The van der Waals surface area contributed by atoms with Gasteiger partial charge in [-0.05, 0) is 141 Å². The van der Waals surface area contributed by atoms with Crippen molar-refractivity contribution < 1.29 is 28.6 Å². The molecular formula is C75H118O6. The fourth-order valence-corrected chi connectivity index (χ4v) is 8.38. The van der Waals surface area contributed by atoms with Gasteiger partial charge >= 0.3 is 17.9 Å². The van der Waals surface area contributed by atoms with Crippen molar-refractivity contribution in [1.82, 2.24) is 0 Å². The monoisotopic (exact) mass is 1110 g/mol. The van der Waals surface area contributed by atoms with Gasteiger partial charge in [0.15, 0.2) is 6.10 Å². The van der Waals surface area contributed by atoms with E-state index >= 15 is 0 Å². The molecule has 6 heteroatoms. The second-order valence-electron chi connectivity index (χ2n) is 20.9. The first-order valence-corrected chi connectivity index (χ1v) is 32.6. The van der Waals surface area contributed by atoms with Gasteiger partial charge in [0.05, 0.1) is 0 Å². The van der Waals surface area contributed by atoms with Crippen LogP contribution in [0.1, 0.15) is 265 Å². The molecule has 0 N–H and O–H groups in total. The molecule has 0 aromatic carbocycles. The summed E-state index contributed by atoms with van der Waals surface area (Å²) in [7, 11) is 0. The first-order chi connectivity index (χ1) is 40.0. The Kier molecular flexibility index (Phi) is 62.9. The average Bonchev–Trinajstić information content (AvgIpc) is 3.47. The molecule has 0 spiro atoms. The summed E-state index contributed by atoms with van der Waals surface area (Å²) < 4.78 is 16.9. The third-order valence-corrected chi connectivity index (χ3v) is 13.2. The summed E-state index contributed by atoms with van der Waals surface area (Å²) in [6.45, 7) is 6.31. The van der Waals surface area contributed by atoms with Crippen LogP contribution < -0.4 is 0 Å². The van der Waals surface area contributed by atoms with Crippen molar-refractivity contribution in [3.05, 3.63) is 170 Å². The van der Waals surface area contributed by atoms with Crippen LogP contribution in [0.4, 0.5) is 0 Å². The summed E-state index contributed by atoms with van der Waals surface area (Å²) in [5.74, 6) is -1.03. The fourth-order valence-electron chi connectivity index (χ4n) is 8.38. The van der Waals surface area contributed by atoms with Gasteiger partial charge in [-0.15, -0.1) is 0 Å². The summed E-state index contributed by atoms with van der Waals surface area (Å²) in [5, 5.41) is 0. The number of allylic oxidation sites excluding steroid dienone is 28. The van der Waals surface area contributed by atoms with E-state index in [2.05, 4.69) is 179 Å². The van der Waals surface area contributed by atoms with Gasteiger partial charge in [0.1, 0.15) is 13.2 Å². The summed E-state index contributed by atoms with van der Waals surface area (Å²) in [6, 6.07) is 0. The second-order valence-corrected chi connectivity index (χ2v) is 20.9. The molecule has 0 bridgehead atoms. The van der Waals surface area contributed by atoms with Gasteiger partial charge in [-0.25, -0.2) is 0 Å². The number of rotatable bonds is 57. The van der Waals surface area contributed by atoms with E-state index in [0.29, 0.717) is 19.3 Å². The first-order valence-electron chi connectivity index (χ1n) is 32.6. The summed E-state index contributed by atoms with van der Waals surface area (Å²) in [6.07, 6.45) is 99.3. The Morgan fingerprint density at radius 3 is 0.802 bits per heavy atom. The lowest BCUT2D eigenvalue weighted by Gasteiger charge is -2.18. The fraction of sp³-hybridized carbons (Fsp3) is 0.587. The second kappa shape index (κ2) is 67.3. The Balaban J connectivity index is 4.53. The molecular weight excluding hydrogens is 997 g/mol. The Labute approximate surface area is 498 Å². The number of hydrogen-bond acceptors (Lipinski definition) is 6. The molecule has 81 heavy (non-hydrogen) atoms. The van der Waals surface area contributed by atoms with E-state index in [1.165, 1.54) is 77.0 Å². The quantitative estimate of drug-likeness (QED) is 0.0261. The third-order valence-electron chi connectivity index (χ3n) is 13.2. The van der Waals surface area contributed by atoms with E-state index in [1.807, 2.05) is 12.2 Å².